The van der Waals surface area contributed by atoms with Crippen molar-refractivity contribution in [2.45, 2.75) is 13.5 Å². The molecule has 1 amide bonds. The highest BCUT2D eigenvalue weighted by Crippen LogP contribution is 2.18. The Hall–Kier alpha value is -1.63. The van der Waals surface area contributed by atoms with E-state index >= 15 is 0 Å². The summed E-state index contributed by atoms with van der Waals surface area (Å²) < 4.78 is 5.07. The highest BCUT2D eigenvalue weighted by atomic mass is 35.5. The van der Waals surface area contributed by atoms with E-state index in [1.54, 1.807) is 31.2 Å². The van der Waals surface area contributed by atoms with Crippen molar-refractivity contribution < 1.29 is 9.32 Å². The third-order valence-electron chi connectivity index (χ3n) is 2.79. The van der Waals surface area contributed by atoms with Gasteiger partial charge in [-0.2, -0.15) is 4.98 Å². The number of carbonyl (C=O) groups excluding carboxylic acids is 1. The third-order valence-corrected chi connectivity index (χ3v) is 3.04. The molecule has 0 saturated heterocycles. The molecule has 0 saturated carbocycles. The zero-order valence-corrected chi connectivity index (χ0v) is 12.9. The smallest absolute Gasteiger partial charge is 0.246 e. The largest absolute Gasteiger partial charge is 0.347 e. The number of nitrogens with two attached hydrogens (primary N) is 1. The summed E-state index contributed by atoms with van der Waals surface area (Å²) in [5.41, 5.74) is 6.21. The fourth-order valence-corrected chi connectivity index (χ4v) is 1.61. The van der Waals surface area contributed by atoms with Crippen LogP contribution in [0.5, 0.6) is 0 Å². The zero-order chi connectivity index (χ0) is 14.5. The second-order valence-electron chi connectivity index (χ2n) is 4.37. The van der Waals surface area contributed by atoms with Crippen molar-refractivity contribution in [2.75, 3.05) is 6.54 Å². The Labute approximate surface area is 133 Å². The maximum atomic E-state index is 11.6. The van der Waals surface area contributed by atoms with Gasteiger partial charge in [0.15, 0.2) is 0 Å². The number of benzene rings is 1. The van der Waals surface area contributed by atoms with Gasteiger partial charge in [0.05, 0.1) is 6.54 Å². The van der Waals surface area contributed by atoms with Crippen LogP contribution in [0.25, 0.3) is 11.4 Å². The van der Waals surface area contributed by atoms with Gasteiger partial charge in [0, 0.05) is 23.0 Å². The van der Waals surface area contributed by atoms with Crippen LogP contribution in [-0.2, 0) is 11.3 Å². The van der Waals surface area contributed by atoms with E-state index in [1.165, 1.54) is 0 Å². The second-order valence-corrected chi connectivity index (χ2v) is 4.81. The number of aromatic nitrogens is 2. The van der Waals surface area contributed by atoms with Crippen LogP contribution in [0.1, 0.15) is 12.8 Å². The fraction of sp³-hybridized carbons (Fsp3) is 0.308. The highest BCUT2D eigenvalue weighted by molar-refractivity contribution is 6.30. The van der Waals surface area contributed by atoms with E-state index in [9.17, 15) is 4.79 Å². The van der Waals surface area contributed by atoms with Gasteiger partial charge in [-0.1, -0.05) is 23.7 Å². The van der Waals surface area contributed by atoms with Gasteiger partial charge >= 0.3 is 0 Å². The Kier molecular flexibility index (Phi) is 6.61. The molecule has 1 aromatic carbocycles. The summed E-state index contributed by atoms with van der Waals surface area (Å²) in [7, 11) is 0. The topological polar surface area (TPSA) is 94.0 Å². The van der Waals surface area contributed by atoms with E-state index in [1.807, 2.05) is 0 Å². The number of rotatable bonds is 5. The summed E-state index contributed by atoms with van der Waals surface area (Å²) in [6, 6.07) is 7.09. The first-order chi connectivity index (χ1) is 9.60. The molecule has 6 nitrogen and oxygen atoms in total. The van der Waals surface area contributed by atoms with Crippen LogP contribution < -0.4 is 11.1 Å². The van der Waals surface area contributed by atoms with Gasteiger partial charge in [-0.15, -0.1) is 12.4 Å². The molecule has 0 aliphatic carbocycles. The molecule has 2 rings (SSSR count). The van der Waals surface area contributed by atoms with Crippen LogP contribution >= 0.6 is 24.0 Å². The van der Waals surface area contributed by atoms with Gasteiger partial charge in [0.25, 0.3) is 0 Å². The van der Waals surface area contributed by atoms with E-state index in [2.05, 4.69) is 15.5 Å². The average molecular weight is 331 g/mol. The van der Waals surface area contributed by atoms with Crippen LogP contribution in [0.15, 0.2) is 28.8 Å². The molecule has 8 heteroatoms. The number of halogens is 2. The minimum atomic E-state index is -0.242. The Bertz CT molecular complexity index is 586. The Balaban J connectivity index is 0.00000220. The minimum Gasteiger partial charge on any atom is -0.347 e. The number of nitrogens with zero attached hydrogens (tertiary/aromatic N) is 2. The molecule has 2 aromatic rings. The van der Waals surface area contributed by atoms with Crippen LogP contribution in [0, 0.1) is 5.92 Å². The lowest BCUT2D eigenvalue weighted by Gasteiger charge is -2.07. The molecule has 21 heavy (non-hydrogen) atoms. The van der Waals surface area contributed by atoms with Crippen LogP contribution in [-0.4, -0.2) is 22.6 Å². The fourth-order valence-electron chi connectivity index (χ4n) is 1.49. The molecule has 1 heterocycles. The van der Waals surface area contributed by atoms with Crippen molar-refractivity contribution >= 4 is 29.9 Å². The van der Waals surface area contributed by atoms with E-state index < -0.39 is 0 Å². The maximum Gasteiger partial charge on any atom is 0.246 e. The van der Waals surface area contributed by atoms with Crippen molar-refractivity contribution in [3.05, 3.63) is 35.2 Å². The quantitative estimate of drug-likeness (QED) is 0.874. The molecule has 1 unspecified atom stereocenters. The van der Waals surface area contributed by atoms with Crippen molar-refractivity contribution in [1.29, 1.82) is 0 Å². The van der Waals surface area contributed by atoms with Crippen LogP contribution in [0.2, 0.25) is 5.02 Å². The molecule has 3 N–H and O–H groups in total. The number of hydrogen-bond acceptors (Lipinski definition) is 5. The lowest BCUT2D eigenvalue weighted by Crippen LogP contribution is -2.32. The van der Waals surface area contributed by atoms with Gasteiger partial charge in [-0.25, -0.2) is 0 Å². The number of amides is 1. The molecule has 0 aliphatic rings. The second kappa shape index (κ2) is 7.97. The van der Waals surface area contributed by atoms with E-state index in [0.717, 1.165) is 5.56 Å². The predicted molar refractivity (Wildman–Crippen MR) is 82.1 cm³/mol. The Morgan fingerprint density at radius 2 is 2.10 bits per heavy atom. The normalized spacial score (nSPS) is 11.6. The summed E-state index contributed by atoms with van der Waals surface area (Å²) >= 11 is 5.81. The van der Waals surface area contributed by atoms with Crippen molar-refractivity contribution in [3.8, 4) is 11.4 Å². The van der Waals surface area contributed by atoms with Crippen LogP contribution in [0.4, 0.5) is 0 Å². The summed E-state index contributed by atoms with van der Waals surface area (Å²) in [4.78, 5) is 15.8. The SMILES string of the molecule is CC(CN)C(=O)NCc1nc(-c2ccc(Cl)cc2)no1.Cl. The van der Waals surface area contributed by atoms with Gasteiger partial charge in [0.1, 0.15) is 0 Å². The molecule has 1 aromatic heterocycles. The first-order valence-electron chi connectivity index (χ1n) is 6.16. The predicted octanol–water partition coefficient (Wildman–Crippen LogP) is 2.02. The zero-order valence-electron chi connectivity index (χ0n) is 11.4. The average Bonchev–Trinajstić information content (AvgIpc) is 2.93. The lowest BCUT2D eigenvalue weighted by molar-refractivity contribution is -0.124. The number of nitrogens with one attached hydrogen (secondary N) is 1. The monoisotopic (exact) mass is 330 g/mol. The summed E-state index contributed by atoms with van der Waals surface area (Å²) in [6.07, 6.45) is 0. The minimum absolute atomic E-state index is 0. The Morgan fingerprint density at radius 3 is 2.71 bits per heavy atom. The third kappa shape index (κ3) is 4.70. The van der Waals surface area contributed by atoms with Crippen molar-refractivity contribution in [1.82, 2.24) is 15.5 Å². The number of hydrogen-bond donors (Lipinski definition) is 2. The highest BCUT2D eigenvalue weighted by Gasteiger charge is 2.13. The van der Waals surface area contributed by atoms with Crippen molar-refractivity contribution in [3.63, 3.8) is 0 Å². The van der Waals surface area contributed by atoms with Crippen molar-refractivity contribution in [2.24, 2.45) is 11.7 Å². The molecule has 0 aliphatic heterocycles. The van der Waals surface area contributed by atoms with Gasteiger partial charge in [-0.05, 0) is 24.3 Å². The van der Waals surface area contributed by atoms with E-state index in [-0.39, 0.29) is 30.8 Å². The molecule has 0 bridgehead atoms. The van der Waals surface area contributed by atoms with Gasteiger partial charge < -0.3 is 15.6 Å². The van der Waals surface area contributed by atoms with Crippen LogP contribution in [0.3, 0.4) is 0 Å². The molecular weight excluding hydrogens is 315 g/mol. The summed E-state index contributed by atoms with van der Waals surface area (Å²) in [5, 5.41) is 7.18. The number of carbonyl (C=O) groups is 1. The molecule has 0 radical (unpaired) electrons. The first-order valence-corrected chi connectivity index (χ1v) is 6.54. The van der Waals surface area contributed by atoms with Gasteiger partial charge in [0.2, 0.25) is 17.6 Å². The van der Waals surface area contributed by atoms with E-state index in [4.69, 9.17) is 21.9 Å². The van der Waals surface area contributed by atoms with E-state index in [0.29, 0.717) is 23.3 Å². The standard InChI is InChI=1S/C13H15ClN4O2.ClH/c1-8(6-15)13(19)16-7-11-17-12(18-20-11)9-2-4-10(14)5-3-9;/h2-5,8H,6-7,15H2,1H3,(H,16,19);1H. The molecule has 0 spiro atoms. The molecule has 0 fully saturated rings. The molecule has 1 atom stereocenters. The lowest BCUT2D eigenvalue weighted by atomic mass is 10.2. The first kappa shape index (κ1) is 17.4. The summed E-state index contributed by atoms with van der Waals surface area (Å²) in [5.74, 6) is 0.415. The molecule has 114 valence electrons. The van der Waals surface area contributed by atoms with Gasteiger partial charge in [-0.3, -0.25) is 4.79 Å². The Morgan fingerprint density at radius 1 is 1.43 bits per heavy atom. The maximum absolute atomic E-state index is 11.6. The molecular formula is C13H16Cl2N4O2. The summed E-state index contributed by atoms with van der Waals surface area (Å²) in [6.45, 7) is 2.23.